The maximum atomic E-state index is 11.2. The average Bonchev–Trinajstić information content (AvgIpc) is 2.17. The highest BCUT2D eigenvalue weighted by Crippen LogP contribution is 2.14. The smallest absolute Gasteiger partial charge is 0.310 e. The molecule has 6 heteroatoms. The summed E-state index contributed by atoms with van der Waals surface area (Å²) in [4.78, 5) is 21.6. The zero-order chi connectivity index (χ0) is 12.0. The van der Waals surface area contributed by atoms with Gasteiger partial charge in [0.1, 0.15) is 0 Å². The molecule has 1 rings (SSSR count). The molecule has 0 radical (unpaired) electrons. The van der Waals surface area contributed by atoms with Crippen LogP contribution in [0.2, 0.25) is 0 Å². The van der Waals surface area contributed by atoms with Gasteiger partial charge in [-0.2, -0.15) is 0 Å². The van der Waals surface area contributed by atoms with E-state index in [1.807, 2.05) is 0 Å². The number of anilines is 1. The van der Waals surface area contributed by atoms with Crippen molar-refractivity contribution in [2.75, 3.05) is 12.4 Å². The number of carboxylic acids is 1. The predicted molar refractivity (Wildman–Crippen MR) is 61.4 cm³/mol. The van der Waals surface area contributed by atoms with Gasteiger partial charge in [-0.3, -0.25) is 9.59 Å². The molecule has 0 unspecified atom stereocenters. The molecular formula is C10H11NO4S. The molecule has 5 nitrogen and oxygen atoms in total. The standard InChI is InChI=1S/C10H11NO4S/c1-15-16-10(14)11-8-4-2-3-7(5-8)6-9(12)13/h2-5H,6H2,1H3,(H,11,14)(H,12,13). The second-order valence-electron chi connectivity index (χ2n) is 2.93. The van der Waals surface area contributed by atoms with E-state index in [0.717, 1.165) is 0 Å². The zero-order valence-corrected chi connectivity index (χ0v) is 9.41. The SMILES string of the molecule is COSC(=O)Nc1cccc(CC(=O)O)c1. The molecule has 2 N–H and O–H groups in total. The van der Waals surface area contributed by atoms with Crippen LogP contribution in [0.4, 0.5) is 10.5 Å². The number of aliphatic carboxylic acids is 1. The highest BCUT2D eigenvalue weighted by atomic mass is 32.2. The minimum atomic E-state index is -0.908. The summed E-state index contributed by atoms with van der Waals surface area (Å²) < 4.78 is 4.58. The summed E-state index contributed by atoms with van der Waals surface area (Å²) in [6.07, 6.45) is -0.0683. The van der Waals surface area contributed by atoms with Gasteiger partial charge in [0.05, 0.1) is 25.6 Å². The van der Waals surface area contributed by atoms with E-state index >= 15 is 0 Å². The quantitative estimate of drug-likeness (QED) is 0.790. The van der Waals surface area contributed by atoms with Crippen LogP contribution in [-0.4, -0.2) is 23.4 Å². The molecule has 16 heavy (non-hydrogen) atoms. The van der Waals surface area contributed by atoms with Crippen LogP contribution in [-0.2, 0) is 15.4 Å². The van der Waals surface area contributed by atoms with Gasteiger partial charge in [-0.15, -0.1) is 0 Å². The normalized spacial score (nSPS) is 9.81. The number of benzene rings is 1. The molecule has 0 saturated heterocycles. The lowest BCUT2D eigenvalue weighted by Gasteiger charge is -2.04. The topological polar surface area (TPSA) is 75.6 Å². The molecule has 0 spiro atoms. The molecule has 0 saturated carbocycles. The van der Waals surface area contributed by atoms with E-state index < -0.39 is 5.97 Å². The van der Waals surface area contributed by atoms with Gasteiger partial charge in [-0.1, -0.05) is 12.1 Å². The van der Waals surface area contributed by atoms with Gasteiger partial charge in [0.25, 0.3) is 0 Å². The van der Waals surface area contributed by atoms with Gasteiger partial charge >= 0.3 is 11.2 Å². The Balaban J connectivity index is 2.67. The number of hydrogen-bond acceptors (Lipinski definition) is 4. The fourth-order valence-electron chi connectivity index (χ4n) is 1.15. The highest BCUT2D eigenvalue weighted by Gasteiger charge is 2.05. The number of amides is 1. The van der Waals surface area contributed by atoms with Crippen molar-refractivity contribution in [3.05, 3.63) is 29.8 Å². The van der Waals surface area contributed by atoms with Crippen molar-refractivity contribution in [2.24, 2.45) is 0 Å². The molecule has 0 bridgehead atoms. The van der Waals surface area contributed by atoms with Crippen molar-refractivity contribution < 1.29 is 18.9 Å². The Bertz CT molecular complexity index is 394. The zero-order valence-electron chi connectivity index (χ0n) is 8.60. The van der Waals surface area contributed by atoms with Crippen LogP contribution in [0.5, 0.6) is 0 Å². The summed E-state index contributed by atoms with van der Waals surface area (Å²) in [6.45, 7) is 0. The van der Waals surface area contributed by atoms with Gasteiger partial charge < -0.3 is 14.6 Å². The molecule has 0 aliphatic carbocycles. The summed E-state index contributed by atoms with van der Waals surface area (Å²) in [6, 6.07) is 6.67. The third kappa shape index (κ3) is 4.33. The first-order chi connectivity index (χ1) is 7.61. The number of carbonyl (C=O) groups is 2. The number of rotatable bonds is 4. The molecule has 0 aliphatic rings. The van der Waals surface area contributed by atoms with Crippen molar-refractivity contribution in [1.29, 1.82) is 0 Å². The van der Waals surface area contributed by atoms with E-state index in [1.54, 1.807) is 24.3 Å². The van der Waals surface area contributed by atoms with Gasteiger partial charge in [0.2, 0.25) is 0 Å². The first-order valence-corrected chi connectivity index (χ1v) is 5.18. The van der Waals surface area contributed by atoms with Crippen molar-refractivity contribution >= 4 is 28.9 Å². The second-order valence-corrected chi connectivity index (χ2v) is 3.80. The summed E-state index contributed by atoms with van der Waals surface area (Å²) >= 11 is 0.680. The Morgan fingerprint density at radius 2 is 2.25 bits per heavy atom. The summed E-state index contributed by atoms with van der Waals surface area (Å²) in [5.41, 5.74) is 1.18. The maximum Gasteiger partial charge on any atom is 0.310 e. The Kier molecular flexibility index (Phi) is 4.81. The van der Waals surface area contributed by atoms with Crippen molar-refractivity contribution in [3.8, 4) is 0 Å². The number of carboxylic acid groups (broad SMARTS) is 1. The maximum absolute atomic E-state index is 11.2. The molecule has 1 amide bonds. The largest absolute Gasteiger partial charge is 0.481 e. The van der Waals surface area contributed by atoms with Gasteiger partial charge in [-0.25, -0.2) is 0 Å². The van der Waals surface area contributed by atoms with Gasteiger partial charge in [0.15, 0.2) is 0 Å². The highest BCUT2D eigenvalue weighted by molar-refractivity contribution is 8.09. The Morgan fingerprint density at radius 3 is 2.88 bits per heavy atom. The lowest BCUT2D eigenvalue weighted by molar-refractivity contribution is -0.136. The van der Waals surface area contributed by atoms with Crippen molar-refractivity contribution in [3.63, 3.8) is 0 Å². The Hall–Kier alpha value is -1.53. The summed E-state index contributed by atoms with van der Waals surface area (Å²) in [5, 5.41) is 10.8. The molecule has 86 valence electrons. The van der Waals surface area contributed by atoms with Crippen molar-refractivity contribution in [2.45, 2.75) is 6.42 Å². The first-order valence-electron chi connectivity index (χ1n) is 4.44. The van der Waals surface area contributed by atoms with E-state index in [-0.39, 0.29) is 11.7 Å². The Morgan fingerprint density at radius 1 is 1.50 bits per heavy atom. The van der Waals surface area contributed by atoms with Crippen LogP contribution in [0.15, 0.2) is 24.3 Å². The molecule has 0 aliphatic heterocycles. The fourth-order valence-corrected chi connectivity index (χ4v) is 1.46. The van der Waals surface area contributed by atoms with Crippen LogP contribution >= 0.6 is 12.0 Å². The van der Waals surface area contributed by atoms with E-state index in [0.29, 0.717) is 23.3 Å². The number of nitrogens with one attached hydrogen (secondary N) is 1. The molecule has 1 aromatic carbocycles. The number of carbonyl (C=O) groups excluding carboxylic acids is 1. The predicted octanol–water partition coefficient (Wildman–Crippen LogP) is 2.14. The van der Waals surface area contributed by atoms with Crippen LogP contribution in [0.1, 0.15) is 5.56 Å². The van der Waals surface area contributed by atoms with Crippen LogP contribution in [0.3, 0.4) is 0 Å². The van der Waals surface area contributed by atoms with Gasteiger partial charge in [-0.05, 0) is 17.7 Å². The van der Waals surface area contributed by atoms with E-state index in [2.05, 4.69) is 9.50 Å². The lowest BCUT2D eigenvalue weighted by atomic mass is 10.1. The Labute approximate surface area is 97.0 Å². The van der Waals surface area contributed by atoms with E-state index in [9.17, 15) is 9.59 Å². The summed E-state index contributed by atoms with van der Waals surface area (Å²) in [5.74, 6) is -0.908. The molecule has 0 aromatic heterocycles. The minimum absolute atomic E-state index is 0.0683. The van der Waals surface area contributed by atoms with Crippen molar-refractivity contribution in [1.82, 2.24) is 0 Å². The van der Waals surface area contributed by atoms with Crippen LogP contribution in [0, 0.1) is 0 Å². The monoisotopic (exact) mass is 241 g/mol. The van der Waals surface area contributed by atoms with Crippen LogP contribution < -0.4 is 5.32 Å². The minimum Gasteiger partial charge on any atom is -0.481 e. The molecular weight excluding hydrogens is 230 g/mol. The number of hydrogen-bond donors (Lipinski definition) is 2. The second kappa shape index (κ2) is 6.14. The first kappa shape index (κ1) is 12.5. The summed E-state index contributed by atoms with van der Waals surface area (Å²) in [7, 11) is 1.39. The third-order valence-corrected chi connectivity index (χ3v) is 2.11. The molecule has 0 heterocycles. The molecule has 1 aromatic rings. The lowest BCUT2D eigenvalue weighted by Crippen LogP contribution is -2.06. The fraction of sp³-hybridized carbons (Fsp3) is 0.200. The third-order valence-electron chi connectivity index (χ3n) is 1.69. The molecule has 0 atom stereocenters. The van der Waals surface area contributed by atoms with E-state index in [1.165, 1.54) is 7.11 Å². The van der Waals surface area contributed by atoms with E-state index in [4.69, 9.17) is 5.11 Å². The van der Waals surface area contributed by atoms with Crippen LogP contribution in [0.25, 0.3) is 0 Å². The van der Waals surface area contributed by atoms with Gasteiger partial charge in [0, 0.05) is 5.69 Å². The average molecular weight is 241 g/mol. The molecule has 0 fully saturated rings.